The van der Waals surface area contributed by atoms with Crippen molar-refractivity contribution in [1.29, 1.82) is 0 Å². The molecule has 10 heteroatoms. The van der Waals surface area contributed by atoms with E-state index < -0.39 is 35.2 Å². The van der Waals surface area contributed by atoms with Crippen molar-refractivity contribution in [2.45, 2.75) is 12.2 Å². The first kappa shape index (κ1) is 23.3. The number of methoxy groups -OCH3 is 1. The van der Waals surface area contributed by atoms with Gasteiger partial charge in [-0.3, -0.25) is 14.5 Å². The quantitative estimate of drug-likeness (QED) is 0.308. The van der Waals surface area contributed by atoms with Crippen molar-refractivity contribution >= 4 is 23.1 Å². The van der Waals surface area contributed by atoms with Crippen LogP contribution in [0.25, 0.3) is 5.76 Å². The molecule has 0 saturated carbocycles. The summed E-state index contributed by atoms with van der Waals surface area (Å²) >= 11 is 0. The molecule has 0 bridgehead atoms. The molecule has 1 fully saturated rings. The number of aliphatic hydroxyl groups is 1. The average molecular weight is 497 g/mol. The largest absolute Gasteiger partial charge is 0.507 e. The van der Waals surface area contributed by atoms with Crippen molar-refractivity contribution in [1.82, 2.24) is 0 Å². The lowest BCUT2D eigenvalue weighted by molar-refractivity contribution is -0.137. The van der Waals surface area contributed by atoms with Gasteiger partial charge in [-0.25, -0.2) is 0 Å². The smallest absolute Gasteiger partial charge is 0.416 e. The Morgan fingerprint density at radius 3 is 2.50 bits per heavy atom. The summed E-state index contributed by atoms with van der Waals surface area (Å²) in [7, 11) is 1.43. The Bertz CT molecular complexity index is 1410. The molecule has 36 heavy (non-hydrogen) atoms. The molecule has 1 unspecified atom stereocenters. The maximum Gasteiger partial charge on any atom is 0.416 e. The van der Waals surface area contributed by atoms with E-state index in [1.54, 1.807) is 30.3 Å². The number of anilines is 1. The van der Waals surface area contributed by atoms with Crippen LogP contribution in [0.4, 0.5) is 18.9 Å². The first-order valence-corrected chi connectivity index (χ1v) is 10.7. The van der Waals surface area contributed by atoms with Crippen molar-refractivity contribution < 1.29 is 42.1 Å². The molecule has 0 aliphatic carbocycles. The molecule has 1 amide bonds. The third-order valence-electron chi connectivity index (χ3n) is 5.95. The lowest BCUT2D eigenvalue weighted by Crippen LogP contribution is -2.29. The van der Waals surface area contributed by atoms with Crippen LogP contribution < -0.4 is 19.1 Å². The van der Waals surface area contributed by atoms with Crippen molar-refractivity contribution in [3.63, 3.8) is 0 Å². The molecule has 5 rings (SSSR count). The molecule has 0 aromatic heterocycles. The van der Waals surface area contributed by atoms with Crippen molar-refractivity contribution in [2.75, 3.05) is 18.8 Å². The van der Waals surface area contributed by atoms with Crippen LogP contribution in [0.5, 0.6) is 17.2 Å². The molecule has 2 aliphatic heterocycles. The number of hydrogen-bond donors (Lipinski definition) is 1. The van der Waals surface area contributed by atoms with Gasteiger partial charge in [0.15, 0.2) is 11.5 Å². The van der Waals surface area contributed by atoms with Gasteiger partial charge in [0.2, 0.25) is 6.79 Å². The minimum atomic E-state index is -4.67. The number of rotatable bonds is 4. The first-order chi connectivity index (χ1) is 17.2. The maximum atomic E-state index is 13.4. The van der Waals surface area contributed by atoms with Gasteiger partial charge in [-0.15, -0.1) is 0 Å². The second-order valence-electron chi connectivity index (χ2n) is 8.06. The summed E-state index contributed by atoms with van der Waals surface area (Å²) < 4.78 is 56.1. The summed E-state index contributed by atoms with van der Waals surface area (Å²) in [6.07, 6.45) is -4.67. The molecular formula is C26H18F3NO6. The highest BCUT2D eigenvalue weighted by molar-refractivity contribution is 6.51. The highest BCUT2D eigenvalue weighted by Gasteiger charge is 2.47. The van der Waals surface area contributed by atoms with E-state index in [1.807, 2.05) is 0 Å². The summed E-state index contributed by atoms with van der Waals surface area (Å²) in [6, 6.07) is 13.8. The van der Waals surface area contributed by atoms with E-state index in [4.69, 9.17) is 14.2 Å². The molecule has 1 N–H and O–H groups in total. The number of amides is 1. The first-order valence-electron chi connectivity index (χ1n) is 10.7. The SMILES string of the molecule is COc1cccc(C2/C(=C(/O)c3ccc4c(c3)OCO4)C(=O)C(=O)N2c2cccc(C(F)(F)F)c2)c1. The lowest BCUT2D eigenvalue weighted by atomic mass is 9.94. The van der Waals surface area contributed by atoms with Crippen molar-refractivity contribution in [3.05, 3.63) is 89.0 Å². The standard InChI is InChI=1S/C26H18F3NO6/c1-34-18-7-2-4-14(10-18)22-21(23(31)15-8-9-19-20(11-15)36-13-35-19)24(32)25(33)30(22)17-6-3-5-16(12-17)26(27,28)29/h2-12,22,31H,13H2,1H3/b23-21-. The van der Waals surface area contributed by atoms with Gasteiger partial charge in [-0.1, -0.05) is 18.2 Å². The Balaban J connectivity index is 1.71. The van der Waals surface area contributed by atoms with E-state index in [0.717, 1.165) is 23.1 Å². The minimum absolute atomic E-state index is 0.0106. The zero-order chi connectivity index (χ0) is 25.6. The fraction of sp³-hybridized carbons (Fsp3) is 0.154. The molecule has 7 nitrogen and oxygen atoms in total. The van der Waals surface area contributed by atoms with Crippen molar-refractivity contribution in [3.8, 4) is 17.2 Å². The third kappa shape index (κ3) is 3.90. The predicted octanol–water partition coefficient (Wildman–Crippen LogP) is 5.07. The predicted molar refractivity (Wildman–Crippen MR) is 122 cm³/mol. The Kier molecular flexibility index (Phi) is 5.58. The number of Topliss-reactive ketones (excluding diaryl/α,β-unsaturated/α-hetero) is 1. The third-order valence-corrected chi connectivity index (χ3v) is 5.95. The molecule has 3 aromatic carbocycles. The number of carbonyl (C=O) groups excluding carboxylic acids is 2. The molecule has 0 spiro atoms. The molecule has 1 saturated heterocycles. The normalized spacial score (nSPS) is 18.6. The number of fused-ring (bicyclic) bond motifs is 1. The Morgan fingerprint density at radius 2 is 1.75 bits per heavy atom. The van der Waals surface area contributed by atoms with E-state index in [1.165, 1.54) is 25.3 Å². The summed E-state index contributed by atoms with van der Waals surface area (Å²) in [5.74, 6) is -1.46. The molecule has 2 heterocycles. The van der Waals surface area contributed by atoms with Crippen LogP contribution in [0.3, 0.4) is 0 Å². The van der Waals surface area contributed by atoms with E-state index in [2.05, 4.69) is 0 Å². The number of carbonyl (C=O) groups is 2. The van der Waals surface area contributed by atoms with Gasteiger partial charge in [-0.05, 0) is 54.1 Å². The number of halogens is 3. The van der Waals surface area contributed by atoms with Crippen LogP contribution in [-0.4, -0.2) is 30.7 Å². The van der Waals surface area contributed by atoms with Gasteiger partial charge in [-0.2, -0.15) is 13.2 Å². The fourth-order valence-corrected chi connectivity index (χ4v) is 4.26. The number of ether oxygens (including phenoxy) is 3. The monoisotopic (exact) mass is 497 g/mol. The molecule has 184 valence electrons. The van der Waals surface area contributed by atoms with Crippen molar-refractivity contribution in [2.24, 2.45) is 0 Å². The van der Waals surface area contributed by atoms with Crippen LogP contribution >= 0.6 is 0 Å². The number of aliphatic hydroxyl groups excluding tert-OH is 1. The average Bonchev–Trinajstić information content (AvgIpc) is 3.45. The molecular weight excluding hydrogens is 479 g/mol. The molecule has 1 atom stereocenters. The second-order valence-corrected chi connectivity index (χ2v) is 8.06. The summed E-state index contributed by atoms with van der Waals surface area (Å²) in [4.78, 5) is 27.4. The highest BCUT2D eigenvalue weighted by atomic mass is 19.4. The van der Waals surface area contributed by atoms with Gasteiger partial charge in [0.1, 0.15) is 11.5 Å². The van der Waals surface area contributed by atoms with Crippen LogP contribution in [0.2, 0.25) is 0 Å². The highest BCUT2D eigenvalue weighted by Crippen LogP contribution is 2.45. The van der Waals surface area contributed by atoms with E-state index >= 15 is 0 Å². The zero-order valence-corrected chi connectivity index (χ0v) is 18.7. The van der Waals surface area contributed by atoms with Gasteiger partial charge in [0.25, 0.3) is 11.7 Å². The Morgan fingerprint density at radius 1 is 1.00 bits per heavy atom. The van der Waals surface area contributed by atoms with Gasteiger partial charge < -0.3 is 19.3 Å². The van der Waals surface area contributed by atoms with E-state index in [9.17, 15) is 27.9 Å². The van der Waals surface area contributed by atoms with E-state index in [0.29, 0.717) is 22.8 Å². The fourth-order valence-electron chi connectivity index (χ4n) is 4.26. The van der Waals surface area contributed by atoms with Gasteiger partial charge in [0.05, 0.1) is 24.3 Å². The number of alkyl halides is 3. The molecule has 3 aromatic rings. The molecule has 0 radical (unpaired) electrons. The lowest BCUT2D eigenvalue weighted by Gasteiger charge is -2.26. The Labute approximate surface area is 202 Å². The number of ketones is 1. The van der Waals surface area contributed by atoms with Crippen LogP contribution in [0.15, 0.2) is 72.3 Å². The van der Waals surface area contributed by atoms with Crippen LogP contribution in [-0.2, 0) is 15.8 Å². The molecule has 2 aliphatic rings. The maximum absolute atomic E-state index is 13.4. The topological polar surface area (TPSA) is 85.3 Å². The van der Waals surface area contributed by atoms with Crippen LogP contribution in [0.1, 0.15) is 22.7 Å². The minimum Gasteiger partial charge on any atom is -0.507 e. The summed E-state index contributed by atoms with van der Waals surface area (Å²) in [6.45, 7) is -0.0106. The summed E-state index contributed by atoms with van der Waals surface area (Å²) in [5.41, 5.74) is -0.890. The van der Waals surface area contributed by atoms with Gasteiger partial charge >= 0.3 is 6.18 Å². The van der Waals surface area contributed by atoms with E-state index in [-0.39, 0.29) is 23.6 Å². The Hall–Kier alpha value is -4.47. The number of nitrogens with zero attached hydrogens (tertiary/aromatic N) is 1. The second kappa shape index (κ2) is 8.63. The number of benzene rings is 3. The van der Waals surface area contributed by atoms with Gasteiger partial charge in [0, 0.05) is 11.3 Å². The zero-order valence-electron chi connectivity index (χ0n) is 18.7. The number of hydrogen-bond acceptors (Lipinski definition) is 6. The van der Waals surface area contributed by atoms with Crippen LogP contribution in [0, 0.1) is 0 Å². The summed E-state index contributed by atoms with van der Waals surface area (Å²) in [5, 5.41) is 11.2.